The molecule has 0 unspecified atom stereocenters. The zero-order chi connectivity index (χ0) is 38.7. The van der Waals surface area contributed by atoms with Gasteiger partial charge in [0.05, 0.1) is 27.8 Å². The van der Waals surface area contributed by atoms with Crippen LogP contribution < -0.4 is 0 Å². The third kappa shape index (κ3) is 6.72. The highest BCUT2D eigenvalue weighted by molar-refractivity contribution is 6.02. The van der Waals surface area contributed by atoms with Gasteiger partial charge >= 0.3 is 0 Å². The molecule has 0 fully saturated rings. The quantitative estimate of drug-likeness (QED) is 0.165. The van der Waals surface area contributed by atoms with Crippen molar-refractivity contribution in [2.45, 2.75) is 20.8 Å². The topological polar surface area (TPSA) is 35.6 Å². The number of fused-ring (bicyclic) bond motifs is 8. The Hall–Kier alpha value is -7.30. The maximum Gasteiger partial charge on any atom is 0.235 e. The first kappa shape index (κ1) is 35.4. The summed E-state index contributed by atoms with van der Waals surface area (Å²) in [7, 11) is 0. The maximum absolute atomic E-state index is 5.46. The van der Waals surface area contributed by atoms with Crippen molar-refractivity contribution in [1.29, 1.82) is 0 Å². The number of hydrogen-bond acceptors (Lipinski definition) is 2. The molecule has 4 bridgehead atoms. The van der Waals surface area contributed by atoms with Crippen molar-refractivity contribution in [3.8, 4) is 34.0 Å². The number of rotatable bonds is 5. The van der Waals surface area contributed by atoms with Crippen molar-refractivity contribution in [3.63, 3.8) is 0 Å². The summed E-state index contributed by atoms with van der Waals surface area (Å²) in [6.07, 6.45) is 10.2. The zero-order valence-corrected chi connectivity index (χ0v) is 32.3. The van der Waals surface area contributed by atoms with E-state index in [1.807, 2.05) is 38.2 Å². The summed E-state index contributed by atoms with van der Waals surface area (Å²) in [4.78, 5) is 10.8. The molecule has 3 aromatic heterocycles. The molecule has 0 N–H and O–H groups in total. The fraction of sp³-hybridized carbons (Fsp3) is 0.0566. The van der Waals surface area contributed by atoms with E-state index < -0.39 is 0 Å². The van der Waals surface area contributed by atoms with E-state index in [1.165, 1.54) is 32.8 Å². The van der Waals surface area contributed by atoms with E-state index in [4.69, 9.17) is 9.97 Å². The molecule has 274 valence electrons. The summed E-state index contributed by atoms with van der Waals surface area (Å²) in [5, 5.41) is 6.91. The van der Waals surface area contributed by atoms with Crippen molar-refractivity contribution in [2.75, 3.05) is 0 Å². The number of para-hydroxylation sites is 2. The predicted molar refractivity (Wildman–Crippen MR) is 242 cm³/mol. The van der Waals surface area contributed by atoms with Crippen molar-refractivity contribution in [3.05, 3.63) is 206 Å². The standard InChI is InChI=1S/C47H32N4.C6H10/c1-31-33-12-10-20-43(31)51(45-30-32(21-22-33)29-44-41(45)27-28-50(44)37-14-3-2-4-15-37)47-48-42-19-8-7-17-40(42)46(49-47)36-25-23-35(24-26-36)39-18-9-13-34-11-5-6-16-38(34)39;1-3-5-6-4-2/h2-30H,1H3;3-6H,1-2H3/b;5-3-,6-4-. The minimum absolute atomic E-state index is 0.634. The van der Waals surface area contributed by atoms with Gasteiger partial charge in [0.2, 0.25) is 5.95 Å². The van der Waals surface area contributed by atoms with E-state index in [9.17, 15) is 0 Å². The van der Waals surface area contributed by atoms with Gasteiger partial charge in [-0.3, -0.25) is 4.57 Å². The molecule has 0 radical (unpaired) electrons. The molecule has 4 heteroatoms. The maximum atomic E-state index is 5.46. The molecule has 10 aromatic rings. The fourth-order valence-corrected chi connectivity index (χ4v) is 7.82. The Bertz CT molecular complexity index is 3130. The normalized spacial score (nSPS) is 11.6. The molecule has 3 heterocycles. The predicted octanol–water partition coefficient (Wildman–Crippen LogP) is 14.2. The number of allylic oxidation sites excluding steroid dienone is 4. The Morgan fingerprint density at radius 2 is 1.16 bits per heavy atom. The van der Waals surface area contributed by atoms with Crippen LogP contribution in [0.5, 0.6) is 0 Å². The number of hydrogen-bond donors (Lipinski definition) is 0. The summed E-state index contributed by atoms with van der Waals surface area (Å²) in [5.41, 5.74) is 10.8. The first-order valence-corrected chi connectivity index (χ1v) is 19.5. The van der Waals surface area contributed by atoms with Gasteiger partial charge < -0.3 is 4.57 Å². The zero-order valence-electron chi connectivity index (χ0n) is 32.3. The van der Waals surface area contributed by atoms with Crippen LogP contribution in [0.25, 0.3) is 88.4 Å². The third-order valence-corrected chi connectivity index (χ3v) is 10.7. The van der Waals surface area contributed by atoms with Gasteiger partial charge in [-0.15, -0.1) is 0 Å². The molecular formula is C53H42N4. The number of aromatic nitrogens is 4. The molecule has 10 rings (SSSR count). The average Bonchev–Trinajstić information content (AvgIpc) is 3.70. The minimum atomic E-state index is 0.634. The van der Waals surface area contributed by atoms with E-state index in [-0.39, 0.29) is 0 Å². The monoisotopic (exact) mass is 734 g/mol. The van der Waals surface area contributed by atoms with Crippen molar-refractivity contribution in [1.82, 2.24) is 19.1 Å². The second kappa shape index (κ2) is 15.4. The molecule has 57 heavy (non-hydrogen) atoms. The molecule has 7 aromatic carbocycles. The highest BCUT2D eigenvalue weighted by Gasteiger charge is 2.17. The van der Waals surface area contributed by atoms with Crippen LogP contribution in [0, 0.1) is 6.92 Å². The van der Waals surface area contributed by atoms with Gasteiger partial charge in [0, 0.05) is 28.2 Å². The lowest BCUT2D eigenvalue weighted by molar-refractivity contribution is 1.00. The Morgan fingerprint density at radius 1 is 0.491 bits per heavy atom. The van der Waals surface area contributed by atoms with Gasteiger partial charge in [-0.25, -0.2) is 9.97 Å². The molecule has 0 atom stereocenters. The largest absolute Gasteiger partial charge is 0.316 e. The van der Waals surface area contributed by atoms with Crippen LogP contribution in [0.1, 0.15) is 19.4 Å². The van der Waals surface area contributed by atoms with Gasteiger partial charge in [-0.05, 0) is 101 Å². The molecule has 0 aliphatic carbocycles. The van der Waals surface area contributed by atoms with E-state index in [1.54, 1.807) is 0 Å². The number of aryl methyl sites for hydroxylation is 1. The lowest BCUT2D eigenvalue weighted by Gasteiger charge is -2.16. The van der Waals surface area contributed by atoms with Crippen LogP contribution in [0.15, 0.2) is 200 Å². The SMILES string of the molecule is C/C=C\C=C/C.Cc1c2cccc1n(-c1nc(-c3ccc(-c4cccc5ccccc45)cc3)c3ccccc3n1)c1cc(cc2)cc2c1ccn2-c1ccccc1. The number of nitrogens with zero attached hydrogens (tertiary/aromatic N) is 4. The van der Waals surface area contributed by atoms with E-state index >= 15 is 0 Å². The van der Waals surface area contributed by atoms with Crippen molar-refractivity contribution < 1.29 is 0 Å². The minimum Gasteiger partial charge on any atom is -0.316 e. The summed E-state index contributed by atoms with van der Waals surface area (Å²) in [6.45, 7) is 6.19. The molecule has 0 spiro atoms. The van der Waals surface area contributed by atoms with Crippen LogP contribution in [0.4, 0.5) is 0 Å². The van der Waals surface area contributed by atoms with Gasteiger partial charge in [0.15, 0.2) is 0 Å². The van der Waals surface area contributed by atoms with Crippen LogP contribution in [0.2, 0.25) is 0 Å². The molecule has 0 saturated carbocycles. The molecule has 4 nitrogen and oxygen atoms in total. The molecule has 0 amide bonds. The van der Waals surface area contributed by atoms with Gasteiger partial charge in [0.25, 0.3) is 0 Å². The van der Waals surface area contributed by atoms with E-state index in [0.29, 0.717) is 5.95 Å². The summed E-state index contributed by atoms with van der Waals surface area (Å²) >= 11 is 0. The fourth-order valence-electron chi connectivity index (χ4n) is 7.82. The van der Waals surface area contributed by atoms with Crippen molar-refractivity contribution in [2.24, 2.45) is 0 Å². The first-order valence-electron chi connectivity index (χ1n) is 19.5. The van der Waals surface area contributed by atoms with Gasteiger partial charge in [0.1, 0.15) is 0 Å². The Balaban J connectivity index is 0.000000656. The number of benzene rings is 7. The first-order chi connectivity index (χ1) is 28.1. The lowest BCUT2D eigenvalue weighted by atomic mass is 9.96. The second-order valence-electron chi connectivity index (χ2n) is 14.2. The van der Waals surface area contributed by atoms with Crippen LogP contribution >= 0.6 is 0 Å². The van der Waals surface area contributed by atoms with Crippen LogP contribution in [0.3, 0.4) is 0 Å². The second-order valence-corrected chi connectivity index (χ2v) is 14.2. The van der Waals surface area contributed by atoms with E-state index in [0.717, 1.165) is 55.2 Å². The van der Waals surface area contributed by atoms with Crippen molar-refractivity contribution >= 4 is 54.4 Å². The Kier molecular flexibility index (Phi) is 9.59. The average molecular weight is 735 g/mol. The van der Waals surface area contributed by atoms with Gasteiger partial charge in [-0.2, -0.15) is 0 Å². The highest BCUT2D eigenvalue weighted by Crippen LogP contribution is 2.35. The lowest BCUT2D eigenvalue weighted by Crippen LogP contribution is -2.06. The molecule has 0 aliphatic heterocycles. The van der Waals surface area contributed by atoms with Gasteiger partial charge in [-0.1, -0.05) is 152 Å². The third-order valence-electron chi connectivity index (χ3n) is 10.7. The molecule has 0 saturated heterocycles. The van der Waals surface area contributed by atoms with E-state index in [2.05, 4.69) is 192 Å². The highest BCUT2D eigenvalue weighted by atomic mass is 15.2. The van der Waals surface area contributed by atoms with Crippen LogP contribution in [-0.2, 0) is 0 Å². The summed E-state index contributed by atoms with van der Waals surface area (Å²) in [6, 6.07) is 60.4. The molecule has 0 aliphatic rings. The smallest absolute Gasteiger partial charge is 0.235 e. The van der Waals surface area contributed by atoms with Crippen LogP contribution in [-0.4, -0.2) is 19.1 Å². The Labute approximate surface area is 333 Å². The Morgan fingerprint density at radius 3 is 1.96 bits per heavy atom. The molecular weight excluding hydrogens is 693 g/mol. The summed E-state index contributed by atoms with van der Waals surface area (Å²) in [5.74, 6) is 0.634. The summed E-state index contributed by atoms with van der Waals surface area (Å²) < 4.78 is 4.52.